The van der Waals surface area contributed by atoms with E-state index in [0.717, 1.165) is 19.3 Å². The van der Waals surface area contributed by atoms with Crippen LogP contribution in [-0.4, -0.2) is 22.3 Å². The van der Waals surface area contributed by atoms with E-state index in [4.69, 9.17) is 28.3 Å². The minimum absolute atomic E-state index is 0.155. The molecule has 1 unspecified atom stereocenters. The van der Waals surface area contributed by atoms with Crippen molar-refractivity contribution in [2.45, 2.75) is 95.3 Å². The first kappa shape index (κ1) is 21.0. The Hall–Kier alpha value is 0.0500. The maximum Gasteiger partial charge on any atom is 0.303 e. The minimum Gasteiger partial charge on any atom is -0.481 e. The number of carboxylic acids is 1. The van der Waals surface area contributed by atoms with Gasteiger partial charge in [0.2, 0.25) is 0 Å². The van der Waals surface area contributed by atoms with Gasteiger partial charge in [0, 0.05) is 17.7 Å². The second kappa shape index (κ2) is 16.4. The van der Waals surface area contributed by atoms with Crippen LogP contribution in [0.25, 0.3) is 0 Å². The van der Waals surface area contributed by atoms with E-state index < -0.39 is 5.97 Å². The van der Waals surface area contributed by atoms with Crippen molar-refractivity contribution < 1.29 is 9.90 Å². The first-order chi connectivity index (χ1) is 10.2. The van der Waals surface area contributed by atoms with Crippen molar-refractivity contribution in [3.8, 4) is 0 Å². The van der Waals surface area contributed by atoms with Gasteiger partial charge in [-0.15, -0.1) is 23.2 Å². The summed E-state index contributed by atoms with van der Waals surface area (Å²) in [6.07, 6.45) is 16.2. The fraction of sp³-hybridized carbons (Fsp3) is 0.941. The molecule has 4 heteroatoms. The summed E-state index contributed by atoms with van der Waals surface area (Å²) in [6.45, 7) is 0. The van der Waals surface area contributed by atoms with Gasteiger partial charge in [0.1, 0.15) is 0 Å². The molecule has 0 spiro atoms. The zero-order chi connectivity index (χ0) is 15.8. The SMILES string of the molecule is O=C(O)CCCCCCCCCCCCCCC(Cl)CCl. The molecule has 0 heterocycles. The molecule has 2 nitrogen and oxygen atoms in total. The monoisotopic (exact) mass is 338 g/mol. The van der Waals surface area contributed by atoms with Crippen LogP contribution in [0.5, 0.6) is 0 Å². The molecule has 0 aromatic carbocycles. The Kier molecular flexibility index (Phi) is 16.5. The predicted molar refractivity (Wildman–Crippen MR) is 92.6 cm³/mol. The number of rotatable bonds is 16. The molecule has 0 fully saturated rings. The molecule has 0 aromatic rings. The maximum absolute atomic E-state index is 10.3. The van der Waals surface area contributed by atoms with Crippen LogP contribution in [-0.2, 0) is 4.79 Å². The van der Waals surface area contributed by atoms with Crippen LogP contribution >= 0.6 is 23.2 Å². The Balaban J connectivity index is 3.01. The molecule has 126 valence electrons. The smallest absolute Gasteiger partial charge is 0.303 e. The van der Waals surface area contributed by atoms with Crippen LogP contribution in [0.4, 0.5) is 0 Å². The van der Waals surface area contributed by atoms with Crippen LogP contribution in [0.3, 0.4) is 0 Å². The van der Waals surface area contributed by atoms with Crippen LogP contribution in [0.15, 0.2) is 0 Å². The normalized spacial score (nSPS) is 12.5. The third-order valence-electron chi connectivity index (χ3n) is 3.83. The van der Waals surface area contributed by atoms with E-state index in [-0.39, 0.29) is 5.38 Å². The molecular weight excluding hydrogens is 307 g/mol. The van der Waals surface area contributed by atoms with Gasteiger partial charge in [-0.2, -0.15) is 0 Å². The van der Waals surface area contributed by atoms with Crippen molar-refractivity contribution >= 4 is 29.2 Å². The zero-order valence-corrected chi connectivity index (χ0v) is 14.8. The van der Waals surface area contributed by atoms with Crippen molar-refractivity contribution in [2.75, 3.05) is 5.88 Å². The topological polar surface area (TPSA) is 37.3 Å². The average molecular weight is 339 g/mol. The third-order valence-corrected chi connectivity index (χ3v) is 4.73. The lowest BCUT2D eigenvalue weighted by Gasteiger charge is -2.05. The first-order valence-corrected chi connectivity index (χ1v) is 9.55. The number of carbonyl (C=O) groups is 1. The quantitative estimate of drug-likeness (QED) is 0.262. The maximum atomic E-state index is 10.3. The summed E-state index contributed by atoms with van der Waals surface area (Å²) in [6, 6.07) is 0. The molecule has 0 aliphatic rings. The number of carboxylic acid groups (broad SMARTS) is 1. The molecule has 0 saturated heterocycles. The van der Waals surface area contributed by atoms with Gasteiger partial charge in [0.15, 0.2) is 0 Å². The lowest BCUT2D eigenvalue weighted by molar-refractivity contribution is -0.137. The van der Waals surface area contributed by atoms with E-state index in [1.165, 1.54) is 64.2 Å². The van der Waals surface area contributed by atoms with Gasteiger partial charge >= 0.3 is 5.97 Å². The molecule has 1 atom stereocenters. The highest BCUT2D eigenvalue weighted by Crippen LogP contribution is 2.14. The number of aliphatic carboxylic acids is 1. The van der Waals surface area contributed by atoms with E-state index in [2.05, 4.69) is 0 Å². The highest BCUT2D eigenvalue weighted by molar-refractivity contribution is 6.28. The van der Waals surface area contributed by atoms with E-state index in [9.17, 15) is 4.79 Å². The van der Waals surface area contributed by atoms with E-state index in [0.29, 0.717) is 12.3 Å². The number of alkyl halides is 2. The second-order valence-electron chi connectivity index (χ2n) is 5.93. The first-order valence-electron chi connectivity index (χ1n) is 8.58. The van der Waals surface area contributed by atoms with Crippen molar-refractivity contribution in [3.63, 3.8) is 0 Å². The van der Waals surface area contributed by atoms with Gasteiger partial charge in [-0.05, 0) is 12.8 Å². The summed E-state index contributed by atoms with van der Waals surface area (Å²) < 4.78 is 0. The van der Waals surface area contributed by atoms with Crippen molar-refractivity contribution in [3.05, 3.63) is 0 Å². The summed E-state index contributed by atoms with van der Waals surface area (Å²) in [5, 5.41) is 8.67. The fourth-order valence-corrected chi connectivity index (χ4v) is 2.80. The fourth-order valence-electron chi connectivity index (χ4n) is 2.49. The summed E-state index contributed by atoms with van der Waals surface area (Å²) >= 11 is 11.6. The molecule has 0 amide bonds. The van der Waals surface area contributed by atoms with Gasteiger partial charge in [-0.3, -0.25) is 4.79 Å². The van der Waals surface area contributed by atoms with Crippen LogP contribution in [0, 0.1) is 0 Å². The summed E-state index contributed by atoms with van der Waals surface area (Å²) in [7, 11) is 0. The molecule has 0 saturated carbocycles. The average Bonchev–Trinajstić information content (AvgIpc) is 2.46. The molecule has 0 aliphatic carbocycles. The van der Waals surface area contributed by atoms with Gasteiger partial charge in [-0.1, -0.05) is 70.6 Å². The Morgan fingerprint density at radius 2 is 1.14 bits per heavy atom. The van der Waals surface area contributed by atoms with Gasteiger partial charge in [-0.25, -0.2) is 0 Å². The largest absolute Gasteiger partial charge is 0.481 e. The van der Waals surface area contributed by atoms with Gasteiger partial charge in [0.25, 0.3) is 0 Å². The van der Waals surface area contributed by atoms with Crippen LogP contribution < -0.4 is 0 Å². The standard InChI is InChI=1S/C17H32Cl2O2/c18-15-16(19)13-11-9-7-5-3-1-2-4-6-8-10-12-14-17(20)21/h16H,1-15H2,(H,20,21). The summed E-state index contributed by atoms with van der Waals surface area (Å²) in [5.41, 5.74) is 0. The molecular formula is C17H32Cl2O2. The molecule has 1 N–H and O–H groups in total. The van der Waals surface area contributed by atoms with Crippen molar-refractivity contribution in [1.29, 1.82) is 0 Å². The lowest BCUT2D eigenvalue weighted by atomic mass is 10.0. The number of unbranched alkanes of at least 4 members (excludes halogenated alkanes) is 11. The van der Waals surface area contributed by atoms with Crippen LogP contribution in [0.2, 0.25) is 0 Å². The Labute approximate surface area is 140 Å². The Morgan fingerprint density at radius 3 is 1.52 bits per heavy atom. The van der Waals surface area contributed by atoms with Crippen molar-refractivity contribution in [1.82, 2.24) is 0 Å². The van der Waals surface area contributed by atoms with Crippen LogP contribution in [0.1, 0.15) is 89.9 Å². The minimum atomic E-state index is -0.667. The zero-order valence-electron chi connectivity index (χ0n) is 13.3. The van der Waals surface area contributed by atoms with E-state index in [1.807, 2.05) is 0 Å². The van der Waals surface area contributed by atoms with E-state index >= 15 is 0 Å². The Morgan fingerprint density at radius 1 is 0.762 bits per heavy atom. The molecule has 0 aromatic heterocycles. The van der Waals surface area contributed by atoms with Gasteiger partial charge < -0.3 is 5.11 Å². The highest BCUT2D eigenvalue weighted by atomic mass is 35.5. The second-order valence-corrected chi connectivity index (χ2v) is 6.85. The molecule has 21 heavy (non-hydrogen) atoms. The summed E-state index contributed by atoms with van der Waals surface area (Å²) in [4.78, 5) is 10.3. The number of halogens is 2. The molecule has 0 aliphatic heterocycles. The molecule has 0 bridgehead atoms. The predicted octanol–water partition coefficient (Wildman–Crippen LogP) is 6.38. The number of hydrogen-bond donors (Lipinski definition) is 1. The summed E-state index contributed by atoms with van der Waals surface area (Å²) in [5.74, 6) is -0.100. The third kappa shape index (κ3) is 18.0. The lowest BCUT2D eigenvalue weighted by Crippen LogP contribution is -1.99. The van der Waals surface area contributed by atoms with E-state index in [1.54, 1.807) is 0 Å². The molecule has 0 radical (unpaired) electrons. The van der Waals surface area contributed by atoms with Gasteiger partial charge in [0.05, 0.1) is 0 Å². The Bertz CT molecular complexity index is 235. The molecule has 0 rings (SSSR count). The number of hydrogen-bond acceptors (Lipinski definition) is 1. The highest BCUT2D eigenvalue weighted by Gasteiger charge is 2.01. The van der Waals surface area contributed by atoms with Crippen molar-refractivity contribution in [2.24, 2.45) is 0 Å².